The molecule has 3 aromatic heterocycles. The summed E-state index contributed by atoms with van der Waals surface area (Å²) in [7, 11) is 0. The van der Waals surface area contributed by atoms with Gasteiger partial charge < -0.3 is 14.6 Å². The number of hydrogen-bond donors (Lipinski definition) is 1. The van der Waals surface area contributed by atoms with Crippen LogP contribution in [0.5, 0.6) is 0 Å². The van der Waals surface area contributed by atoms with Gasteiger partial charge in [0.1, 0.15) is 0 Å². The van der Waals surface area contributed by atoms with Crippen molar-refractivity contribution in [1.82, 2.24) is 19.7 Å². The van der Waals surface area contributed by atoms with E-state index in [2.05, 4.69) is 37.4 Å². The molecule has 0 aliphatic heterocycles. The standard InChI is InChI=1S/C21H25N5O3S3/c1-3-26-19(15-11-30-16-8-6-5-7-14(15)16)24-25-21(26)32-12-17(27)23-20-22-13(10-31-20)9-18(28)29-4-2/h10-11H,3-9,12H2,1-2H3,(H,22,23,27). The number of hydrogen-bond acceptors (Lipinski definition) is 9. The summed E-state index contributed by atoms with van der Waals surface area (Å²) in [5, 5.41) is 16.8. The van der Waals surface area contributed by atoms with Gasteiger partial charge in [-0.2, -0.15) is 0 Å². The van der Waals surface area contributed by atoms with Gasteiger partial charge in [-0.3, -0.25) is 9.59 Å². The van der Waals surface area contributed by atoms with Crippen LogP contribution in [0.1, 0.15) is 42.8 Å². The Morgan fingerprint density at radius 1 is 1.19 bits per heavy atom. The lowest BCUT2D eigenvalue weighted by atomic mass is 9.96. The minimum atomic E-state index is -0.326. The van der Waals surface area contributed by atoms with E-state index in [1.165, 1.54) is 51.9 Å². The van der Waals surface area contributed by atoms with Crippen LogP contribution < -0.4 is 5.32 Å². The van der Waals surface area contributed by atoms with Gasteiger partial charge in [-0.25, -0.2) is 4.98 Å². The van der Waals surface area contributed by atoms with Crippen LogP contribution in [0.25, 0.3) is 11.4 Å². The molecule has 3 aromatic rings. The molecule has 0 aromatic carbocycles. The molecular formula is C21H25N5O3S3. The zero-order valence-electron chi connectivity index (χ0n) is 18.0. The Balaban J connectivity index is 1.37. The normalized spacial score (nSPS) is 13.1. The second-order valence-electron chi connectivity index (χ2n) is 7.27. The van der Waals surface area contributed by atoms with Crippen molar-refractivity contribution in [3.63, 3.8) is 0 Å². The van der Waals surface area contributed by atoms with E-state index in [9.17, 15) is 9.59 Å². The molecule has 0 unspecified atom stereocenters. The van der Waals surface area contributed by atoms with Crippen LogP contribution in [-0.4, -0.2) is 44.0 Å². The third kappa shape index (κ3) is 5.21. The van der Waals surface area contributed by atoms with Crippen molar-refractivity contribution in [3.05, 3.63) is 26.9 Å². The lowest BCUT2D eigenvalue weighted by molar-refractivity contribution is -0.142. The summed E-state index contributed by atoms with van der Waals surface area (Å²) in [5.74, 6) is 0.588. The number of thiazole rings is 1. The number of ether oxygens (including phenoxy) is 1. The lowest BCUT2D eigenvalue weighted by Gasteiger charge is -2.13. The van der Waals surface area contributed by atoms with E-state index in [0.717, 1.165) is 30.4 Å². The van der Waals surface area contributed by atoms with Crippen LogP contribution >= 0.6 is 34.4 Å². The first kappa shape index (κ1) is 22.9. The molecule has 3 heterocycles. The van der Waals surface area contributed by atoms with Crippen molar-refractivity contribution in [2.24, 2.45) is 0 Å². The summed E-state index contributed by atoms with van der Waals surface area (Å²) in [6.07, 6.45) is 4.83. The maximum absolute atomic E-state index is 12.4. The smallest absolute Gasteiger partial charge is 0.311 e. The Morgan fingerprint density at radius 2 is 2.03 bits per heavy atom. The number of nitrogens with zero attached hydrogens (tertiary/aromatic N) is 4. The van der Waals surface area contributed by atoms with Gasteiger partial charge in [0.05, 0.1) is 24.5 Å². The van der Waals surface area contributed by atoms with Crippen molar-refractivity contribution in [1.29, 1.82) is 0 Å². The van der Waals surface area contributed by atoms with Gasteiger partial charge in [0.2, 0.25) is 5.91 Å². The fourth-order valence-electron chi connectivity index (χ4n) is 3.65. The van der Waals surface area contributed by atoms with Gasteiger partial charge >= 0.3 is 5.97 Å². The number of nitrogens with one attached hydrogen (secondary N) is 1. The van der Waals surface area contributed by atoms with Crippen molar-refractivity contribution >= 4 is 51.4 Å². The van der Waals surface area contributed by atoms with Crippen molar-refractivity contribution in [2.75, 3.05) is 17.7 Å². The van der Waals surface area contributed by atoms with Crippen LogP contribution in [0.4, 0.5) is 5.13 Å². The molecule has 1 N–H and O–H groups in total. The number of fused-ring (bicyclic) bond motifs is 1. The van der Waals surface area contributed by atoms with Gasteiger partial charge in [-0.05, 0) is 45.1 Å². The van der Waals surface area contributed by atoms with Crippen LogP contribution in [0.3, 0.4) is 0 Å². The van der Waals surface area contributed by atoms with Crippen molar-refractivity contribution in [3.8, 4) is 11.4 Å². The maximum atomic E-state index is 12.4. The molecule has 0 saturated heterocycles. The number of rotatable bonds is 9. The van der Waals surface area contributed by atoms with E-state index < -0.39 is 0 Å². The van der Waals surface area contributed by atoms with E-state index >= 15 is 0 Å². The maximum Gasteiger partial charge on any atom is 0.311 e. The molecule has 32 heavy (non-hydrogen) atoms. The minimum absolute atomic E-state index is 0.101. The first-order valence-corrected chi connectivity index (χ1v) is 13.4. The summed E-state index contributed by atoms with van der Waals surface area (Å²) in [6, 6.07) is 0. The molecule has 0 spiro atoms. The highest BCUT2D eigenvalue weighted by Crippen LogP contribution is 2.36. The Bertz CT molecular complexity index is 1100. The Labute approximate surface area is 198 Å². The van der Waals surface area contributed by atoms with E-state index in [0.29, 0.717) is 17.4 Å². The molecule has 0 saturated carbocycles. The highest BCUT2D eigenvalue weighted by molar-refractivity contribution is 7.99. The van der Waals surface area contributed by atoms with Crippen LogP contribution in [0, 0.1) is 0 Å². The quantitative estimate of drug-likeness (QED) is 0.354. The molecule has 1 aliphatic rings. The summed E-state index contributed by atoms with van der Waals surface area (Å²) in [6.45, 7) is 4.90. The van der Waals surface area contributed by atoms with Gasteiger partial charge in [-0.15, -0.1) is 32.9 Å². The second-order valence-corrected chi connectivity index (χ2v) is 10.0. The summed E-state index contributed by atoms with van der Waals surface area (Å²) < 4.78 is 7.00. The first-order valence-electron chi connectivity index (χ1n) is 10.6. The molecule has 0 radical (unpaired) electrons. The van der Waals surface area contributed by atoms with E-state index in [1.807, 2.05) is 11.3 Å². The van der Waals surface area contributed by atoms with Gasteiger partial charge in [0.25, 0.3) is 0 Å². The third-order valence-electron chi connectivity index (χ3n) is 5.10. The molecule has 170 valence electrons. The first-order chi connectivity index (χ1) is 15.6. The largest absolute Gasteiger partial charge is 0.466 e. The predicted octanol–water partition coefficient (Wildman–Crippen LogP) is 4.20. The van der Waals surface area contributed by atoms with Crippen LogP contribution in [0.2, 0.25) is 0 Å². The molecule has 0 fully saturated rings. The Morgan fingerprint density at radius 3 is 2.84 bits per heavy atom. The van der Waals surface area contributed by atoms with Gasteiger partial charge in [-0.1, -0.05) is 11.8 Å². The second kappa shape index (κ2) is 10.6. The van der Waals surface area contributed by atoms with E-state index in [4.69, 9.17) is 4.74 Å². The van der Waals surface area contributed by atoms with E-state index in [-0.39, 0.29) is 24.1 Å². The average Bonchev–Trinajstić information content (AvgIpc) is 3.50. The zero-order chi connectivity index (χ0) is 22.5. The predicted molar refractivity (Wildman–Crippen MR) is 127 cm³/mol. The molecular weight excluding hydrogens is 466 g/mol. The van der Waals surface area contributed by atoms with Gasteiger partial charge in [0.15, 0.2) is 16.1 Å². The van der Waals surface area contributed by atoms with Gasteiger partial charge in [0, 0.05) is 27.7 Å². The zero-order valence-corrected chi connectivity index (χ0v) is 20.5. The number of esters is 1. The molecule has 8 nitrogen and oxygen atoms in total. The number of aryl methyl sites for hydroxylation is 1. The highest BCUT2D eigenvalue weighted by atomic mass is 32.2. The Hall–Kier alpha value is -2.24. The number of thioether (sulfide) groups is 1. The molecule has 11 heteroatoms. The molecule has 1 aliphatic carbocycles. The molecule has 0 atom stereocenters. The monoisotopic (exact) mass is 491 g/mol. The molecule has 0 bridgehead atoms. The molecule has 4 rings (SSSR count). The van der Waals surface area contributed by atoms with Crippen LogP contribution in [-0.2, 0) is 40.1 Å². The summed E-state index contributed by atoms with van der Waals surface area (Å²) in [5.41, 5.74) is 3.19. The minimum Gasteiger partial charge on any atom is -0.466 e. The van der Waals surface area contributed by atoms with Crippen LogP contribution in [0.15, 0.2) is 15.9 Å². The SMILES string of the molecule is CCOC(=O)Cc1csc(NC(=O)CSc2nnc(-c3csc4c3CCCC4)n2CC)n1. The average molecular weight is 492 g/mol. The number of carbonyl (C=O) groups excluding carboxylic acids is 2. The molecule has 1 amide bonds. The Kier molecular flexibility index (Phi) is 7.59. The number of amides is 1. The summed E-state index contributed by atoms with van der Waals surface area (Å²) >= 11 is 4.47. The van der Waals surface area contributed by atoms with E-state index in [1.54, 1.807) is 12.3 Å². The lowest BCUT2D eigenvalue weighted by Crippen LogP contribution is -2.15. The third-order valence-corrected chi connectivity index (χ3v) is 7.96. The summed E-state index contributed by atoms with van der Waals surface area (Å²) in [4.78, 5) is 29.8. The fraction of sp³-hybridized carbons (Fsp3) is 0.476. The van der Waals surface area contributed by atoms with Crippen molar-refractivity contribution in [2.45, 2.75) is 57.7 Å². The number of carbonyl (C=O) groups is 2. The fourth-order valence-corrected chi connectivity index (χ4v) is 6.31. The number of anilines is 1. The topological polar surface area (TPSA) is 99.0 Å². The number of aromatic nitrogens is 4. The number of thiophene rings is 1. The van der Waals surface area contributed by atoms with Crippen molar-refractivity contribution < 1.29 is 14.3 Å². The highest BCUT2D eigenvalue weighted by Gasteiger charge is 2.22.